The molecule has 0 saturated carbocycles. The second kappa shape index (κ2) is 5.48. The fourth-order valence-electron chi connectivity index (χ4n) is 2.69. The van der Waals surface area contributed by atoms with Crippen LogP contribution in [-0.4, -0.2) is 43.1 Å². The van der Waals surface area contributed by atoms with E-state index >= 15 is 0 Å². The maximum atomic E-state index is 9.35. The van der Waals surface area contributed by atoms with E-state index in [0.717, 1.165) is 49.3 Å². The fraction of sp³-hybridized carbons (Fsp3) is 0.375. The average molecular weight is 266 g/mol. The number of nitriles is 1. The van der Waals surface area contributed by atoms with Crippen molar-refractivity contribution in [1.29, 1.82) is 5.26 Å². The number of nitrogens with zero attached hydrogens (tertiary/aromatic N) is 4. The summed E-state index contributed by atoms with van der Waals surface area (Å²) in [5.74, 6) is 0.926. The van der Waals surface area contributed by atoms with Crippen LogP contribution in [0, 0.1) is 11.3 Å². The molecule has 1 aliphatic rings. The molecule has 0 bridgehead atoms. The second-order valence-corrected chi connectivity index (χ2v) is 5.30. The number of likely N-dealkylation sites (N-methyl/N-ethyl adjacent to an activating group) is 1. The van der Waals surface area contributed by atoms with E-state index in [9.17, 15) is 5.26 Å². The molecule has 0 amide bonds. The first kappa shape index (κ1) is 12.9. The van der Waals surface area contributed by atoms with Gasteiger partial charge in [0.15, 0.2) is 0 Å². The van der Waals surface area contributed by atoms with Crippen molar-refractivity contribution in [3.8, 4) is 6.07 Å². The molecule has 1 saturated heterocycles. The first-order valence-corrected chi connectivity index (χ1v) is 7.01. The highest BCUT2D eigenvalue weighted by atomic mass is 15.2. The summed E-state index contributed by atoms with van der Waals surface area (Å²) in [6.45, 7) is 4.12. The van der Waals surface area contributed by atoms with E-state index in [4.69, 9.17) is 4.98 Å². The van der Waals surface area contributed by atoms with Crippen molar-refractivity contribution in [2.24, 2.45) is 0 Å². The first-order valence-electron chi connectivity index (χ1n) is 7.01. The zero-order valence-electron chi connectivity index (χ0n) is 11.7. The van der Waals surface area contributed by atoms with Gasteiger partial charge in [0.05, 0.1) is 17.1 Å². The third-order valence-electron chi connectivity index (χ3n) is 3.87. The molecule has 102 valence electrons. The van der Waals surface area contributed by atoms with Crippen LogP contribution >= 0.6 is 0 Å². The Morgan fingerprint density at radius 2 is 2.00 bits per heavy atom. The minimum Gasteiger partial charge on any atom is -0.355 e. The van der Waals surface area contributed by atoms with Gasteiger partial charge in [0.25, 0.3) is 0 Å². The molecule has 1 aliphatic heterocycles. The van der Waals surface area contributed by atoms with Crippen LogP contribution in [0.5, 0.6) is 0 Å². The van der Waals surface area contributed by atoms with E-state index in [0.29, 0.717) is 5.56 Å². The Morgan fingerprint density at radius 1 is 1.15 bits per heavy atom. The lowest BCUT2D eigenvalue weighted by Gasteiger charge is -2.22. The standard InChI is InChI=1S/C16H18N4/c1-19-7-4-8-20(10-9-19)16-11-13(12-17)14-5-2-3-6-15(14)18-16/h2-3,5-6,11H,4,7-10H2,1H3. The van der Waals surface area contributed by atoms with Crippen molar-refractivity contribution in [3.63, 3.8) is 0 Å². The Morgan fingerprint density at radius 3 is 2.85 bits per heavy atom. The van der Waals surface area contributed by atoms with Gasteiger partial charge in [0.2, 0.25) is 0 Å². The first-order chi connectivity index (χ1) is 9.78. The summed E-state index contributed by atoms with van der Waals surface area (Å²) in [6, 6.07) is 12.1. The lowest BCUT2D eigenvalue weighted by Crippen LogP contribution is -2.29. The van der Waals surface area contributed by atoms with Crippen molar-refractivity contribution in [2.45, 2.75) is 6.42 Å². The van der Waals surface area contributed by atoms with Crippen molar-refractivity contribution >= 4 is 16.7 Å². The monoisotopic (exact) mass is 266 g/mol. The number of pyridine rings is 1. The largest absolute Gasteiger partial charge is 0.355 e. The van der Waals surface area contributed by atoms with Crippen LogP contribution in [0.25, 0.3) is 10.9 Å². The van der Waals surface area contributed by atoms with Crippen LogP contribution in [-0.2, 0) is 0 Å². The lowest BCUT2D eigenvalue weighted by atomic mass is 10.1. The van der Waals surface area contributed by atoms with Gasteiger partial charge in [-0.2, -0.15) is 5.26 Å². The van der Waals surface area contributed by atoms with Gasteiger partial charge in [-0.15, -0.1) is 0 Å². The summed E-state index contributed by atoms with van der Waals surface area (Å²) in [4.78, 5) is 9.36. The van der Waals surface area contributed by atoms with E-state index < -0.39 is 0 Å². The number of fused-ring (bicyclic) bond motifs is 1. The predicted molar refractivity (Wildman–Crippen MR) is 80.8 cm³/mol. The molecule has 2 aromatic rings. The van der Waals surface area contributed by atoms with E-state index in [1.807, 2.05) is 30.3 Å². The Labute approximate surface area is 119 Å². The van der Waals surface area contributed by atoms with E-state index in [1.54, 1.807) is 0 Å². The van der Waals surface area contributed by atoms with Crippen LogP contribution in [0.15, 0.2) is 30.3 Å². The SMILES string of the molecule is CN1CCCN(c2cc(C#N)c3ccccc3n2)CC1. The van der Waals surface area contributed by atoms with Gasteiger partial charge < -0.3 is 9.80 Å². The van der Waals surface area contributed by atoms with Crippen molar-refractivity contribution in [3.05, 3.63) is 35.9 Å². The van der Waals surface area contributed by atoms with Crippen LogP contribution in [0.4, 0.5) is 5.82 Å². The molecule has 4 nitrogen and oxygen atoms in total. The molecule has 1 aromatic carbocycles. The number of benzene rings is 1. The Kier molecular flexibility index (Phi) is 3.53. The summed E-state index contributed by atoms with van der Waals surface area (Å²) in [5, 5.41) is 10.3. The van der Waals surface area contributed by atoms with E-state index in [-0.39, 0.29) is 0 Å². The van der Waals surface area contributed by atoms with Crippen molar-refractivity contribution < 1.29 is 0 Å². The molecule has 0 unspecified atom stereocenters. The molecule has 0 atom stereocenters. The molecule has 2 heterocycles. The number of rotatable bonds is 1. The topological polar surface area (TPSA) is 43.2 Å². The summed E-state index contributed by atoms with van der Waals surface area (Å²) >= 11 is 0. The third-order valence-corrected chi connectivity index (χ3v) is 3.87. The van der Waals surface area contributed by atoms with Crippen LogP contribution in [0.3, 0.4) is 0 Å². The minimum atomic E-state index is 0.711. The number of hydrogen-bond acceptors (Lipinski definition) is 4. The molecule has 1 fully saturated rings. The van der Waals surface area contributed by atoms with Gasteiger partial charge >= 0.3 is 0 Å². The molecular formula is C16H18N4. The summed E-state index contributed by atoms with van der Waals surface area (Å²) in [7, 11) is 2.15. The summed E-state index contributed by atoms with van der Waals surface area (Å²) in [5.41, 5.74) is 1.61. The summed E-state index contributed by atoms with van der Waals surface area (Å²) in [6.07, 6.45) is 1.13. The quantitative estimate of drug-likeness (QED) is 0.794. The average Bonchev–Trinajstić information content (AvgIpc) is 2.71. The van der Waals surface area contributed by atoms with Crippen molar-refractivity contribution in [1.82, 2.24) is 9.88 Å². The third kappa shape index (κ3) is 2.45. The molecule has 20 heavy (non-hydrogen) atoms. The van der Waals surface area contributed by atoms with Gasteiger partial charge in [-0.1, -0.05) is 18.2 Å². The zero-order chi connectivity index (χ0) is 13.9. The number of aromatic nitrogens is 1. The molecule has 1 aromatic heterocycles. The zero-order valence-corrected chi connectivity index (χ0v) is 11.7. The molecule has 3 rings (SSSR count). The maximum Gasteiger partial charge on any atom is 0.130 e. The second-order valence-electron chi connectivity index (χ2n) is 5.30. The molecule has 0 spiro atoms. The number of hydrogen-bond donors (Lipinski definition) is 0. The molecule has 0 N–H and O–H groups in total. The van der Waals surface area contributed by atoms with Gasteiger partial charge in [0, 0.05) is 25.0 Å². The Balaban J connectivity index is 2.01. The highest BCUT2D eigenvalue weighted by Crippen LogP contribution is 2.23. The molecular weight excluding hydrogens is 248 g/mol. The molecule has 0 radical (unpaired) electrons. The highest BCUT2D eigenvalue weighted by Gasteiger charge is 2.15. The molecule has 4 heteroatoms. The smallest absolute Gasteiger partial charge is 0.130 e. The summed E-state index contributed by atoms with van der Waals surface area (Å²) < 4.78 is 0. The van der Waals surface area contributed by atoms with Gasteiger partial charge in [-0.3, -0.25) is 0 Å². The highest BCUT2D eigenvalue weighted by molar-refractivity contribution is 5.86. The molecule has 0 aliphatic carbocycles. The fourth-order valence-corrected chi connectivity index (χ4v) is 2.69. The van der Waals surface area contributed by atoms with Gasteiger partial charge in [-0.25, -0.2) is 4.98 Å². The minimum absolute atomic E-state index is 0.711. The number of para-hydroxylation sites is 1. The Bertz CT molecular complexity index is 659. The number of anilines is 1. The van der Waals surface area contributed by atoms with E-state index in [1.165, 1.54) is 0 Å². The van der Waals surface area contributed by atoms with E-state index in [2.05, 4.69) is 22.9 Å². The van der Waals surface area contributed by atoms with Crippen molar-refractivity contribution in [2.75, 3.05) is 38.1 Å². The normalized spacial score (nSPS) is 16.9. The van der Waals surface area contributed by atoms with Gasteiger partial charge in [-0.05, 0) is 32.1 Å². The van der Waals surface area contributed by atoms with Crippen LogP contribution < -0.4 is 4.90 Å². The van der Waals surface area contributed by atoms with Crippen LogP contribution in [0.2, 0.25) is 0 Å². The van der Waals surface area contributed by atoms with Crippen LogP contribution in [0.1, 0.15) is 12.0 Å². The predicted octanol–water partition coefficient (Wildman–Crippen LogP) is 2.25. The Hall–Kier alpha value is -2.12. The lowest BCUT2D eigenvalue weighted by molar-refractivity contribution is 0.360. The van der Waals surface area contributed by atoms with Gasteiger partial charge in [0.1, 0.15) is 5.82 Å². The maximum absolute atomic E-state index is 9.35.